The van der Waals surface area contributed by atoms with Gasteiger partial charge in [-0.2, -0.15) is 0 Å². The fraction of sp³-hybridized carbons (Fsp3) is 0.778. The van der Waals surface area contributed by atoms with Crippen LogP contribution in [0.3, 0.4) is 0 Å². The molecule has 0 spiro atoms. The van der Waals surface area contributed by atoms with E-state index in [9.17, 15) is 5.11 Å². The zero-order valence-corrected chi connectivity index (χ0v) is 8.40. The van der Waals surface area contributed by atoms with Gasteiger partial charge >= 0.3 is 0 Å². The Bertz CT molecular complexity index is 310. The Labute approximate surface area is 83.1 Å². The topological polar surface area (TPSA) is 63.0 Å². The minimum absolute atomic E-state index is 0.526. The summed E-state index contributed by atoms with van der Waals surface area (Å²) in [5.41, 5.74) is 1.86. The highest BCUT2D eigenvalue weighted by atomic mass is 16.3. The predicted molar refractivity (Wildman–Crippen MR) is 51.8 cm³/mol. The molecule has 0 aliphatic carbocycles. The average Bonchev–Trinajstić information content (AvgIpc) is 2.61. The van der Waals surface area contributed by atoms with Crippen LogP contribution in [0.4, 0.5) is 0 Å². The van der Waals surface area contributed by atoms with Gasteiger partial charge in [0.2, 0.25) is 0 Å². The van der Waals surface area contributed by atoms with Crippen LogP contribution < -0.4 is 5.32 Å². The van der Waals surface area contributed by atoms with Gasteiger partial charge in [-0.3, -0.25) is 0 Å². The van der Waals surface area contributed by atoms with Crippen molar-refractivity contribution in [3.05, 3.63) is 11.4 Å². The number of nitrogens with zero attached hydrogens (tertiary/aromatic N) is 3. The van der Waals surface area contributed by atoms with Gasteiger partial charge in [-0.05, 0) is 26.3 Å². The molecule has 0 aromatic carbocycles. The van der Waals surface area contributed by atoms with Gasteiger partial charge in [-0.1, -0.05) is 5.21 Å². The van der Waals surface area contributed by atoms with Crippen molar-refractivity contribution in [3.63, 3.8) is 0 Å². The Balaban J connectivity index is 2.21. The van der Waals surface area contributed by atoms with Crippen LogP contribution in [0.1, 0.15) is 30.3 Å². The second kappa shape index (κ2) is 4.06. The summed E-state index contributed by atoms with van der Waals surface area (Å²) in [7, 11) is 1.82. The predicted octanol–water partition coefficient (Wildman–Crippen LogP) is -0.133. The molecule has 2 heterocycles. The molecule has 2 rings (SSSR count). The maximum atomic E-state index is 9.79. The van der Waals surface area contributed by atoms with Crippen LogP contribution in [0.5, 0.6) is 0 Å². The van der Waals surface area contributed by atoms with Crippen LogP contribution in [0.15, 0.2) is 0 Å². The Kier molecular flexibility index (Phi) is 2.79. The molecule has 0 saturated heterocycles. The van der Waals surface area contributed by atoms with Crippen molar-refractivity contribution in [2.75, 3.05) is 13.6 Å². The summed E-state index contributed by atoms with van der Waals surface area (Å²) >= 11 is 0. The number of rotatable bonds is 3. The number of fused-ring (bicyclic) bond motifs is 1. The fourth-order valence-corrected chi connectivity index (χ4v) is 1.89. The summed E-state index contributed by atoms with van der Waals surface area (Å²) in [6.07, 6.45) is 2.80. The van der Waals surface area contributed by atoms with Gasteiger partial charge in [0, 0.05) is 13.1 Å². The lowest BCUT2D eigenvalue weighted by molar-refractivity contribution is 0.171. The lowest BCUT2D eigenvalue weighted by atomic mass is 10.1. The van der Waals surface area contributed by atoms with Gasteiger partial charge in [-0.15, -0.1) is 5.10 Å². The van der Waals surface area contributed by atoms with E-state index in [1.807, 2.05) is 11.7 Å². The van der Waals surface area contributed by atoms with E-state index < -0.39 is 6.10 Å². The Morgan fingerprint density at radius 3 is 3.21 bits per heavy atom. The smallest absolute Gasteiger partial charge is 0.116 e. The molecule has 0 amide bonds. The molecular formula is C9H16N4O. The number of aryl methyl sites for hydroxylation is 1. The zero-order chi connectivity index (χ0) is 9.97. The minimum atomic E-state index is -0.526. The van der Waals surface area contributed by atoms with Crippen LogP contribution in [0, 0.1) is 0 Å². The van der Waals surface area contributed by atoms with Crippen molar-refractivity contribution in [2.24, 2.45) is 0 Å². The molecule has 2 N–H and O–H groups in total. The first-order valence-electron chi connectivity index (χ1n) is 5.08. The molecule has 1 aromatic heterocycles. The molecule has 0 bridgehead atoms. The van der Waals surface area contributed by atoms with E-state index in [1.165, 1.54) is 6.42 Å². The number of aromatic nitrogens is 3. The highest BCUT2D eigenvalue weighted by Crippen LogP contribution is 2.20. The van der Waals surface area contributed by atoms with E-state index >= 15 is 0 Å². The standard InChI is InChI=1S/C9H16N4O/c1-10-6-8(14)9-7-4-2-3-5-13(7)12-11-9/h8,10,14H,2-6H2,1H3. The van der Waals surface area contributed by atoms with Gasteiger partial charge in [0.1, 0.15) is 11.8 Å². The summed E-state index contributed by atoms with van der Waals surface area (Å²) in [6.45, 7) is 1.47. The van der Waals surface area contributed by atoms with E-state index in [1.54, 1.807) is 0 Å². The molecule has 1 atom stereocenters. The van der Waals surface area contributed by atoms with Crippen molar-refractivity contribution in [2.45, 2.75) is 31.9 Å². The Hall–Kier alpha value is -0.940. The average molecular weight is 196 g/mol. The maximum Gasteiger partial charge on any atom is 0.116 e. The minimum Gasteiger partial charge on any atom is -0.385 e. The van der Waals surface area contributed by atoms with Crippen molar-refractivity contribution < 1.29 is 5.11 Å². The van der Waals surface area contributed by atoms with E-state index in [0.717, 1.165) is 30.8 Å². The van der Waals surface area contributed by atoms with E-state index in [0.29, 0.717) is 6.54 Å². The van der Waals surface area contributed by atoms with Crippen molar-refractivity contribution in [1.29, 1.82) is 0 Å². The lowest BCUT2D eigenvalue weighted by Crippen LogP contribution is -2.19. The molecule has 1 unspecified atom stereocenters. The van der Waals surface area contributed by atoms with E-state index in [4.69, 9.17) is 0 Å². The number of likely N-dealkylation sites (N-methyl/N-ethyl adjacent to an activating group) is 1. The molecule has 0 fully saturated rings. The summed E-state index contributed by atoms with van der Waals surface area (Å²) in [5, 5.41) is 20.8. The van der Waals surface area contributed by atoms with Gasteiger partial charge in [0.15, 0.2) is 0 Å². The Morgan fingerprint density at radius 1 is 1.57 bits per heavy atom. The summed E-state index contributed by atoms with van der Waals surface area (Å²) in [4.78, 5) is 0. The number of hydrogen-bond acceptors (Lipinski definition) is 4. The summed E-state index contributed by atoms with van der Waals surface area (Å²) < 4.78 is 1.91. The molecule has 1 aliphatic heterocycles. The fourth-order valence-electron chi connectivity index (χ4n) is 1.89. The zero-order valence-electron chi connectivity index (χ0n) is 8.40. The largest absolute Gasteiger partial charge is 0.385 e. The number of hydrogen-bond donors (Lipinski definition) is 2. The van der Waals surface area contributed by atoms with Crippen LogP contribution in [-0.4, -0.2) is 33.7 Å². The third-order valence-corrected chi connectivity index (χ3v) is 2.61. The van der Waals surface area contributed by atoms with E-state index in [2.05, 4.69) is 15.6 Å². The van der Waals surface area contributed by atoms with Crippen LogP contribution in [-0.2, 0) is 13.0 Å². The molecule has 5 heteroatoms. The molecule has 78 valence electrons. The molecule has 5 nitrogen and oxygen atoms in total. The quantitative estimate of drug-likeness (QED) is 0.706. The summed E-state index contributed by atoms with van der Waals surface area (Å²) in [5.74, 6) is 0. The maximum absolute atomic E-state index is 9.79. The Morgan fingerprint density at radius 2 is 2.43 bits per heavy atom. The van der Waals surface area contributed by atoms with Crippen molar-refractivity contribution >= 4 is 0 Å². The van der Waals surface area contributed by atoms with E-state index in [-0.39, 0.29) is 0 Å². The van der Waals surface area contributed by atoms with Gasteiger partial charge < -0.3 is 10.4 Å². The first-order valence-corrected chi connectivity index (χ1v) is 5.08. The van der Waals surface area contributed by atoms with Gasteiger partial charge in [-0.25, -0.2) is 4.68 Å². The monoisotopic (exact) mass is 196 g/mol. The van der Waals surface area contributed by atoms with Gasteiger partial charge in [0.05, 0.1) is 5.69 Å². The second-order valence-corrected chi connectivity index (χ2v) is 3.68. The molecule has 14 heavy (non-hydrogen) atoms. The SMILES string of the molecule is CNCC(O)c1nnn2c1CCCC2. The highest BCUT2D eigenvalue weighted by Gasteiger charge is 2.21. The third-order valence-electron chi connectivity index (χ3n) is 2.61. The third kappa shape index (κ3) is 1.65. The molecule has 0 saturated carbocycles. The molecule has 0 radical (unpaired) electrons. The molecule has 1 aliphatic rings. The molecular weight excluding hydrogens is 180 g/mol. The normalized spacial score (nSPS) is 17.9. The highest BCUT2D eigenvalue weighted by molar-refractivity contribution is 5.14. The van der Waals surface area contributed by atoms with Crippen LogP contribution >= 0.6 is 0 Å². The van der Waals surface area contributed by atoms with Crippen LogP contribution in [0.2, 0.25) is 0 Å². The van der Waals surface area contributed by atoms with Crippen molar-refractivity contribution in [3.8, 4) is 0 Å². The number of aliphatic hydroxyl groups excluding tert-OH is 1. The number of aliphatic hydroxyl groups is 1. The first kappa shape index (κ1) is 9.61. The van der Waals surface area contributed by atoms with Gasteiger partial charge in [0.25, 0.3) is 0 Å². The summed E-state index contributed by atoms with van der Waals surface area (Å²) in [6, 6.07) is 0. The first-order chi connectivity index (χ1) is 6.83. The number of nitrogens with one attached hydrogen (secondary N) is 1. The molecule has 1 aromatic rings. The second-order valence-electron chi connectivity index (χ2n) is 3.68. The lowest BCUT2D eigenvalue weighted by Gasteiger charge is -2.15. The van der Waals surface area contributed by atoms with Crippen molar-refractivity contribution in [1.82, 2.24) is 20.3 Å². The van der Waals surface area contributed by atoms with Crippen LogP contribution in [0.25, 0.3) is 0 Å².